The van der Waals surface area contributed by atoms with E-state index >= 15 is 0 Å². The Hall–Kier alpha value is -1.23. The van der Waals surface area contributed by atoms with Crippen LogP contribution < -0.4 is 0 Å². The number of rotatable bonds is 1. The lowest BCUT2D eigenvalue weighted by Crippen LogP contribution is -1.98. The molecule has 2 rings (SSSR count). The Morgan fingerprint density at radius 2 is 2.21 bits per heavy atom. The van der Waals surface area contributed by atoms with Crippen LogP contribution in [0.4, 0.5) is 4.39 Å². The van der Waals surface area contributed by atoms with E-state index in [1.165, 1.54) is 12.4 Å². The summed E-state index contributed by atoms with van der Waals surface area (Å²) in [6.07, 6.45) is 4.81. The fourth-order valence-corrected chi connectivity index (χ4v) is 1.44. The molecule has 0 fully saturated rings. The van der Waals surface area contributed by atoms with E-state index in [1.54, 1.807) is 17.0 Å². The van der Waals surface area contributed by atoms with Gasteiger partial charge in [-0.1, -0.05) is 0 Å². The van der Waals surface area contributed by atoms with E-state index in [0.29, 0.717) is 4.47 Å². The molecule has 0 N–H and O–H groups in total. The van der Waals surface area contributed by atoms with Gasteiger partial charge in [-0.2, -0.15) is 0 Å². The van der Waals surface area contributed by atoms with Crippen molar-refractivity contribution in [1.82, 2.24) is 14.5 Å². The maximum atomic E-state index is 13.4. The van der Waals surface area contributed by atoms with Gasteiger partial charge in [0.1, 0.15) is 6.33 Å². The van der Waals surface area contributed by atoms with Gasteiger partial charge in [-0.25, -0.2) is 14.4 Å². The van der Waals surface area contributed by atoms with E-state index in [4.69, 9.17) is 0 Å². The predicted molar refractivity (Wildman–Crippen MR) is 53.8 cm³/mol. The minimum absolute atomic E-state index is 0.258. The standard InChI is InChI=1S/C9H7BrFN3/c1-6-4-14(5-13-6)9-8(11)2-7(10)3-12-9/h2-5H,1H3. The second-order valence-electron chi connectivity index (χ2n) is 2.88. The number of hydrogen-bond acceptors (Lipinski definition) is 2. The maximum Gasteiger partial charge on any atom is 0.174 e. The van der Waals surface area contributed by atoms with Gasteiger partial charge in [-0.3, -0.25) is 4.57 Å². The second-order valence-corrected chi connectivity index (χ2v) is 3.80. The van der Waals surface area contributed by atoms with Crippen LogP contribution in [0.1, 0.15) is 5.69 Å². The molecule has 3 nitrogen and oxygen atoms in total. The van der Waals surface area contributed by atoms with Crippen molar-refractivity contribution in [2.45, 2.75) is 6.92 Å². The lowest BCUT2D eigenvalue weighted by Gasteiger charge is -2.01. The molecule has 0 amide bonds. The number of imidazole rings is 1. The third-order valence-corrected chi connectivity index (χ3v) is 2.18. The van der Waals surface area contributed by atoms with Gasteiger partial charge < -0.3 is 0 Å². The largest absolute Gasteiger partial charge is 0.288 e. The van der Waals surface area contributed by atoms with Gasteiger partial charge in [0.2, 0.25) is 0 Å². The van der Waals surface area contributed by atoms with Gasteiger partial charge in [0.25, 0.3) is 0 Å². The molecule has 0 aliphatic heterocycles. The van der Waals surface area contributed by atoms with Crippen LogP contribution in [0.15, 0.2) is 29.3 Å². The SMILES string of the molecule is Cc1cn(-c2ncc(Br)cc2F)cn1. The van der Waals surface area contributed by atoms with Crippen LogP contribution in [0.5, 0.6) is 0 Å². The lowest BCUT2D eigenvalue weighted by atomic mass is 10.4. The summed E-state index contributed by atoms with van der Waals surface area (Å²) in [7, 11) is 0. The van der Waals surface area contributed by atoms with Gasteiger partial charge in [0.05, 0.1) is 5.69 Å². The van der Waals surface area contributed by atoms with Crippen molar-refractivity contribution in [2.24, 2.45) is 0 Å². The third kappa shape index (κ3) is 1.68. The lowest BCUT2D eigenvalue weighted by molar-refractivity contribution is 0.608. The summed E-state index contributed by atoms with van der Waals surface area (Å²) >= 11 is 3.15. The molecule has 14 heavy (non-hydrogen) atoms. The molecule has 0 saturated carbocycles. The van der Waals surface area contributed by atoms with Gasteiger partial charge in [-0.15, -0.1) is 0 Å². The summed E-state index contributed by atoms with van der Waals surface area (Å²) in [4.78, 5) is 7.96. The van der Waals surface area contributed by atoms with Crippen LogP contribution in [0.25, 0.3) is 5.82 Å². The Kier molecular flexibility index (Phi) is 2.33. The highest BCUT2D eigenvalue weighted by molar-refractivity contribution is 9.10. The van der Waals surface area contributed by atoms with Gasteiger partial charge in [0.15, 0.2) is 11.6 Å². The Morgan fingerprint density at radius 3 is 2.79 bits per heavy atom. The topological polar surface area (TPSA) is 30.7 Å². The highest BCUT2D eigenvalue weighted by Crippen LogP contribution is 2.15. The number of aromatic nitrogens is 3. The van der Waals surface area contributed by atoms with Crippen LogP contribution in [-0.2, 0) is 0 Å². The predicted octanol–water partition coefficient (Wildman–Crippen LogP) is 2.48. The molecule has 0 aliphatic carbocycles. The molecule has 0 bridgehead atoms. The van der Waals surface area contributed by atoms with E-state index in [-0.39, 0.29) is 11.6 Å². The van der Waals surface area contributed by atoms with Crippen LogP contribution in [0.3, 0.4) is 0 Å². The summed E-state index contributed by atoms with van der Waals surface area (Å²) < 4.78 is 15.6. The van der Waals surface area contributed by atoms with Crippen molar-refractivity contribution < 1.29 is 4.39 Å². The third-order valence-electron chi connectivity index (χ3n) is 1.74. The van der Waals surface area contributed by atoms with Gasteiger partial charge in [0, 0.05) is 16.9 Å². The van der Waals surface area contributed by atoms with E-state index in [2.05, 4.69) is 25.9 Å². The van der Waals surface area contributed by atoms with E-state index < -0.39 is 0 Å². The van der Waals surface area contributed by atoms with Crippen molar-refractivity contribution in [1.29, 1.82) is 0 Å². The van der Waals surface area contributed by atoms with Crippen LogP contribution in [0, 0.1) is 12.7 Å². The molecule has 0 spiro atoms. The van der Waals surface area contributed by atoms with Crippen LogP contribution in [-0.4, -0.2) is 14.5 Å². The van der Waals surface area contributed by atoms with Crippen LogP contribution >= 0.6 is 15.9 Å². The normalized spacial score (nSPS) is 10.5. The highest BCUT2D eigenvalue weighted by Gasteiger charge is 2.06. The van der Waals surface area contributed by atoms with E-state index in [1.807, 2.05) is 6.92 Å². The van der Waals surface area contributed by atoms with Crippen molar-refractivity contribution in [3.8, 4) is 5.82 Å². The Labute approximate surface area is 88.7 Å². The zero-order chi connectivity index (χ0) is 10.1. The molecular formula is C9H7BrFN3. The van der Waals surface area contributed by atoms with Gasteiger partial charge >= 0.3 is 0 Å². The molecule has 0 radical (unpaired) electrons. The molecule has 0 aliphatic rings. The summed E-state index contributed by atoms with van der Waals surface area (Å²) in [6.45, 7) is 1.84. The molecule has 72 valence electrons. The van der Waals surface area contributed by atoms with E-state index in [9.17, 15) is 4.39 Å². The summed E-state index contributed by atoms with van der Waals surface area (Å²) in [5, 5.41) is 0. The Bertz CT molecular complexity index is 467. The molecular weight excluding hydrogens is 249 g/mol. The number of aryl methyl sites for hydroxylation is 1. The summed E-state index contributed by atoms with van der Waals surface area (Å²) in [5.74, 6) is -0.120. The minimum atomic E-state index is -0.378. The molecule has 0 unspecified atom stereocenters. The average molecular weight is 256 g/mol. The first-order chi connectivity index (χ1) is 6.66. The quantitative estimate of drug-likeness (QED) is 0.784. The average Bonchev–Trinajstić information content (AvgIpc) is 2.51. The minimum Gasteiger partial charge on any atom is -0.288 e. The number of hydrogen-bond donors (Lipinski definition) is 0. The first kappa shape index (κ1) is 9.33. The second kappa shape index (κ2) is 3.49. The highest BCUT2D eigenvalue weighted by atomic mass is 79.9. The van der Waals surface area contributed by atoms with Crippen molar-refractivity contribution in [2.75, 3.05) is 0 Å². The molecule has 2 aromatic rings. The molecule has 2 aromatic heterocycles. The number of pyridine rings is 1. The Balaban J connectivity index is 2.52. The maximum absolute atomic E-state index is 13.4. The van der Waals surface area contributed by atoms with Crippen molar-refractivity contribution in [3.63, 3.8) is 0 Å². The molecule has 2 heterocycles. The zero-order valence-corrected chi connectivity index (χ0v) is 8.99. The van der Waals surface area contributed by atoms with Crippen molar-refractivity contribution in [3.05, 3.63) is 40.8 Å². The van der Waals surface area contributed by atoms with Gasteiger partial charge in [-0.05, 0) is 28.9 Å². The smallest absolute Gasteiger partial charge is 0.174 e. The van der Waals surface area contributed by atoms with Crippen molar-refractivity contribution >= 4 is 15.9 Å². The summed E-state index contributed by atoms with van der Waals surface area (Å²) in [6, 6.07) is 1.37. The molecule has 5 heteroatoms. The zero-order valence-electron chi connectivity index (χ0n) is 7.41. The fraction of sp³-hybridized carbons (Fsp3) is 0.111. The monoisotopic (exact) mass is 255 g/mol. The Morgan fingerprint density at radius 1 is 1.43 bits per heavy atom. The molecule has 0 saturated heterocycles. The molecule has 0 atom stereocenters. The summed E-state index contributed by atoms with van der Waals surface area (Å²) in [5.41, 5.74) is 0.828. The number of halogens is 2. The number of nitrogens with zero attached hydrogens (tertiary/aromatic N) is 3. The van der Waals surface area contributed by atoms with Crippen LogP contribution in [0.2, 0.25) is 0 Å². The molecule has 0 aromatic carbocycles. The fourth-order valence-electron chi connectivity index (χ4n) is 1.13. The van der Waals surface area contributed by atoms with E-state index in [0.717, 1.165) is 5.69 Å². The first-order valence-corrected chi connectivity index (χ1v) is 4.78. The first-order valence-electron chi connectivity index (χ1n) is 3.99.